The number of alkyl halides is 3. The molecule has 228 valence electrons. The van der Waals surface area contributed by atoms with Gasteiger partial charge in [-0.05, 0) is 79.5 Å². The molecular formula is C33H32F3N5O2S. The van der Waals surface area contributed by atoms with Crippen LogP contribution in [0, 0.1) is 5.92 Å². The van der Waals surface area contributed by atoms with Crippen molar-refractivity contribution in [3.63, 3.8) is 0 Å². The van der Waals surface area contributed by atoms with Gasteiger partial charge < -0.3 is 9.64 Å². The Bertz CT molecular complexity index is 1650. The number of halogens is 3. The van der Waals surface area contributed by atoms with Crippen LogP contribution in [0.1, 0.15) is 50.2 Å². The van der Waals surface area contributed by atoms with E-state index >= 15 is 0 Å². The first-order valence-electron chi connectivity index (χ1n) is 14.7. The molecule has 3 atom stereocenters. The number of carbonyl (C=O) groups excluding carboxylic acids is 1. The number of aryl methyl sites for hydroxylation is 1. The fourth-order valence-electron chi connectivity index (χ4n) is 5.64. The van der Waals surface area contributed by atoms with Crippen molar-refractivity contribution in [1.29, 1.82) is 0 Å². The zero-order valence-corrected chi connectivity index (χ0v) is 25.2. The maximum Gasteiger partial charge on any atom is 0.573 e. The van der Waals surface area contributed by atoms with Gasteiger partial charge in [0.25, 0.3) is 0 Å². The number of aromatic nitrogens is 3. The van der Waals surface area contributed by atoms with E-state index in [1.54, 1.807) is 11.8 Å². The number of hydrogen-bond acceptors (Lipinski definition) is 5. The van der Waals surface area contributed by atoms with Gasteiger partial charge >= 0.3 is 6.36 Å². The maximum atomic E-state index is 13.1. The van der Waals surface area contributed by atoms with E-state index in [1.807, 2.05) is 30.3 Å². The summed E-state index contributed by atoms with van der Waals surface area (Å²) in [6, 6.07) is 22.1. The number of amidine groups is 1. The van der Waals surface area contributed by atoms with Crippen LogP contribution in [-0.2, 0) is 11.2 Å². The topological polar surface area (TPSA) is 72.6 Å². The summed E-state index contributed by atoms with van der Waals surface area (Å²) >= 11 is 1.66. The molecule has 1 saturated carbocycles. The van der Waals surface area contributed by atoms with Crippen LogP contribution in [0.15, 0.2) is 84.1 Å². The van der Waals surface area contributed by atoms with Crippen LogP contribution < -0.4 is 9.64 Å². The summed E-state index contributed by atoms with van der Waals surface area (Å²) in [5.74, 6) is 1.66. The number of hydrogen-bond donors (Lipinski definition) is 0. The quantitative estimate of drug-likeness (QED) is 0.200. The molecule has 1 aromatic heterocycles. The molecule has 1 amide bonds. The molecule has 6 rings (SSSR count). The smallest absolute Gasteiger partial charge is 0.406 e. The second kappa shape index (κ2) is 12.5. The fourth-order valence-corrected chi connectivity index (χ4v) is 6.86. The summed E-state index contributed by atoms with van der Waals surface area (Å²) in [6.07, 6.45) is 0.106. The largest absolute Gasteiger partial charge is 0.573 e. The number of nitrogens with zero attached hydrogens (tertiary/aromatic N) is 5. The molecule has 0 bridgehead atoms. The summed E-state index contributed by atoms with van der Waals surface area (Å²) in [6.45, 7) is 4.34. The SMILES string of the molecule is CCc1ccccc1N1C(=NC(=O)CC2CC2c2ccc(-c3ncn(-c4ccc(OC(F)(F)F)cc4)n3)cc2)SCCC1C. The summed E-state index contributed by atoms with van der Waals surface area (Å²) < 4.78 is 42.7. The van der Waals surface area contributed by atoms with Crippen molar-refractivity contribution in [2.45, 2.75) is 57.9 Å². The highest BCUT2D eigenvalue weighted by Gasteiger charge is 2.40. The van der Waals surface area contributed by atoms with Crippen LogP contribution >= 0.6 is 11.8 Å². The van der Waals surface area contributed by atoms with Crippen molar-refractivity contribution < 1.29 is 22.7 Å². The Morgan fingerprint density at radius 1 is 1.07 bits per heavy atom. The molecule has 11 heteroatoms. The Kier molecular flexibility index (Phi) is 8.48. The highest BCUT2D eigenvalue weighted by atomic mass is 32.2. The van der Waals surface area contributed by atoms with Gasteiger partial charge in [-0.25, -0.2) is 9.67 Å². The lowest BCUT2D eigenvalue weighted by Crippen LogP contribution is -2.42. The summed E-state index contributed by atoms with van der Waals surface area (Å²) in [5, 5.41) is 5.28. The lowest BCUT2D eigenvalue weighted by atomic mass is 10.1. The summed E-state index contributed by atoms with van der Waals surface area (Å²) in [5.41, 5.74) is 4.93. The third-order valence-electron chi connectivity index (χ3n) is 8.05. The van der Waals surface area contributed by atoms with Crippen LogP contribution in [0.4, 0.5) is 18.9 Å². The highest BCUT2D eigenvalue weighted by Crippen LogP contribution is 2.50. The number of rotatable bonds is 8. The lowest BCUT2D eigenvalue weighted by Gasteiger charge is -2.36. The minimum Gasteiger partial charge on any atom is -0.406 e. The van der Waals surface area contributed by atoms with Gasteiger partial charge in [0.05, 0.1) is 5.69 Å². The molecular weight excluding hydrogens is 587 g/mol. The maximum absolute atomic E-state index is 13.1. The molecule has 1 aliphatic carbocycles. The number of anilines is 1. The van der Waals surface area contributed by atoms with E-state index in [0.717, 1.165) is 47.0 Å². The zero-order valence-electron chi connectivity index (χ0n) is 24.4. The van der Waals surface area contributed by atoms with Crippen molar-refractivity contribution in [3.05, 3.63) is 90.3 Å². The van der Waals surface area contributed by atoms with Crippen molar-refractivity contribution in [1.82, 2.24) is 14.8 Å². The average molecular weight is 620 g/mol. The Morgan fingerprint density at radius 3 is 2.55 bits per heavy atom. The fraction of sp³-hybridized carbons (Fsp3) is 0.333. The van der Waals surface area contributed by atoms with Crippen LogP contribution in [0.3, 0.4) is 0 Å². The summed E-state index contributed by atoms with van der Waals surface area (Å²) in [4.78, 5) is 24.3. The molecule has 0 spiro atoms. The number of benzene rings is 3. The molecule has 1 saturated heterocycles. The average Bonchev–Trinajstić information content (AvgIpc) is 3.58. The van der Waals surface area contributed by atoms with Gasteiger partial charge in [0.1, 0.15) is 12.1 Å². The van der Waals surface area contributed by atoms with Crippen LogP contribution in [-0.4, -0.2) is 44.0 Å². The van der Waals surface area contributed by atoms with E-state index in [4.69, 9.17) is 0 Å². The predicted octanol–water partition coefficient (Wildman–Crippen LogP) is 7.80. The number of thioether (sulfide) groups is 1. The zero-order chi connectivity index (χ0) is 30.8. The molecule has 2 aliphatic rings. The van der Waals surface area contributed by atoms with E-state index in [2.05, 4.69) is 56.8 Å². The third kappa shape index (κ3) is 6.83. The first-order chi connectivity index (χ1) is 21.2. The number of para-hydroxylation sites is 1. The summed E-state index contributed by atoms with van der Waals surface area (Å²) in [7, 11) is 0. The van der Waals surface area contributed by atoms with Gasteiger partial charge in [0.15, 0.2) is 11.0 Å². The van der Waals surface area contributed by atoms with Gasteiger partial charge in [0.2, 0.25) is 5.91 Å². The monoisotopic (exact) mass is 619 g/mol. The molecule has 1 aliphatic heterocycles. The molecule has 4 aromatic rings. The molecule has 44 heavy (non-hydrogen) atoms. The van der Waals surface area contributed by atoms with Gasteiger partial charge in [-0.15, -0.1) is 18.3 Å². The highest BCUT2D eigenvalue weighted by molar-refractivity contribution is 8.14. The molecule has 0 radical (unpaired) electrons. The molecule has 2 fully saturated rings. The Morgan fingerprint density at radius 2 is 1.82 bits per heavy atom. The standard InChI is InChI=1S/C33H32F3N5O2S/c1-3-22-6-4-5-7-29(22)41-21(2)16-17-44-32(41)38-30(42)19-25-18-28(25)23-8-10-24(11-9-23)31-37-20-40(39-31)26-12-14-27(15-13-26)43-33(34,35)36/h4-15,20-21,25,28H,3,16-19H2,1-2H3. The van der Waals surface area contributed by atoms with E-state index in [1.165, 1.54) is 40.8 Å². The van der Waals surface area contributed by atoms with Gasteiger partial charge in [-0.3, -0.25) is 4.79 Å². The molecule has 0 N–H and O–H groups in total. The van der Waals surface area contributed by atoms with Gasteiger partial charge in [-0.1, -0.05) is 61.2 Å². The first-order valence-corrected chi connectivity index (χ1v) is 15.7. The van der Waals surface area contributed by atoms with Crippen molar-refractivity contribution in [2.75, 3.05) is 10.7 Å². The van der Waals surface area contributed by atoms with E-state index in [-0.39, 0.29) is 23.6 Å². The Balaban J connectivity index is 1.08. The second-order valence-electron chi connectivity index (χ2n) is 11.1. The predicted molar refractivity (Wildman–Crippen MR) is 166 cm³/mol. The normalized spacial score (nSPS) is 21.0. The Hall–Kier alpha value is -4.12. The molecule has 3 unspecified atom stereocenters. The van der Waals surface area contributed by atoms with E-state index in [9.17, 15) is 18.0 Å². The van der Waals surface area contributed by atoms with Crippen LogP contribution in [0.2, 0.25) is 0 Å². The number of carbonyl (C=O) groups is 1. The van der Waals surface area contributed by atoms with Crippen molar-refractivity contribution >= 4 is 28.5 Å². The van der Waals surface area contributed by atoms with E-state index in [0.29, 0.717) is 23.9 Å². The number of aliphatic imine (C=N–C) groups is 1. The minimum absolute atomic E-state index is 0.0718. The molecule has 2 heterocycles. The van der Waals surface area contributed by atoms with E-state index < -0.39 is 6.36 Å². The van der Waals surface area contributed by atoms with Gasteiger partial charge in [0, 0.05) is 29.5 Å². The van der Waals surface area contributed by atoms with Crippen molar-refractivity contribution in [2.24, 2.45) is 10.9 Å². The second-order valence-corrected chi connectivity index (χ2v) is 12.2. The first kappa shape index (κ1) is 29.9. The van der Waals surface area contributed by atoms with Gasteiger partial charge in [-0.2, -0.15) is 4.99 Å². The number of amides is 1. The van der Waals surface area contributed by atoms with Crippen molar-refractivity contribution in [3.8, 4) is 22.8 Å². The lowest BCUT2D eigenvalue weighted by molar-refractivity contribution is -0.274. The minimum atomic E-state index is -4.74. The molecule has 7 nitrogen and oxygen atoms in total. The Labute approximate surface area is 258 Å². The van der Waals surface area contributed by atoms with Crippen LogP contribution in [0.25, 0.3) is 17.1 Å². The molecule has 3 aromatic carbocycles. The number of ether oxygens (including phenoxy) is 1. The third-order valence-corrected chi connectivity index (χ3v) is 9.04. The van der Waals surface area contributed by atoms with Crippen LogP contribution in [0.5, 0.6) is 5.75 Å².